The van der Waals surface area contributed by atoms with E-state index in [1.165, 1.54) is 0 Å². The molecule has 2 aromatic rings. The molecule has 0 fully saturated rings. The van der Waals surface area contributed by atoms with Crippen LogP contribution in [0.2, 0.25) is 0 Å². The monoisotopic (exact) mass is 298 g/mol. The molecule has 0 bridgehead atoms. The largest absolute Gasteiger partial charge is 0.345 e. The van der Waals surface area contributed by atoms with E-state index < -0.39 is 0 Å². The summed E-state index contributed by atoms with van der Waals surface area (Å²) in [6.45, 7) is 1.99. The van der Waals surface area contributed by atoms with Gasteiger partial charge in [-0.1, -0.05) is 48.6 Å². The number of H-pyrrole nitrogens is 1. The number of nitrogens with zero attached hydrogens (tertiary/aromatic N) is 1. The molecule has 0 saturated carbocycles. The zero-order valence-corrected chi connectivity index (χ0v) is 12.9. The maximum atomic E-state index is 9.35. The van der Waals surface area contributed by atoms with Gasteiger partial charge in [0.25, 0.3) is 0 Å². The van der Waals surface area contributed by atoms with Crippen LogP contribution in [-0.2, 0) is 0 Å². The van der Waals surface area contributed by atoms with Gasteiger partial charge < -0.3 is 4.98 Å². The summed E-state index contributed by atoms with van der Waals surface area (Å²) in [6, 6.07) is 14.1. The second kappa shape index (κ2) is 6.56. The van der Waals surface area contributed by atoms with Gasteiger partial charge in [-0.3, -0.25) is 0 Å². The number of nitrogens with one attached hydrogen (secondary N) is 1. The predicted octanol–water partition coefficient (Wildman–Crippen LogP) is 5.01. The first-order valence-electron chi connectivity index (χ1n) is 6.14. The van der Waals surface area contributed by atoms with Gasteiger partial charge in [-0.15, -0.1) is 11.8 Å². The number of thioether (sulfide) groups is 1. The summed E-state index contributed by atoms with van der Waals surface area (Å²) in [7, 11) is 0. The molecule has 1 N–H and O–H groups in total. The van der Waals surface area contributed by atoms with Gasteiger partial charge in [-0.25, -0.2) is 0 Å². The number of hydrogen-bond acceptors (Lipinski definition) is 3. The summed E-state index contributed by atoms with van der Waals surface area (Å²) in [6.07, 6.45) is 4.05. The number of aromatic nitrogens is 1. The van der Waals surface area contributed by atoms with Crippen molar-refractivity contribution < 1.29 is 0 Å². The Morgan fingerprint density at radius 2 is 2.05 bits per heavy atom. The van der Waals surface area contributed by atoms with Gasteiger partial charge in [0.1, 0.15) is 10.7 Å². The molecule has 0 atom stereocenters. The summed E-state index contributed by atoms with van der Waals surface area (Å²) in [4.78, 5) is 4.25. The van der Waals surface area contributed by atoms with Crippen molar-refractivity contribution in [3.05, 3.63) is 58.4 Å². The van der Waals surface area contributed by atoms with Crippen LogP contribution in [0.4, 0.5) is 0 Å². The minimum Gasteiger partial charge on any atom is -0.345 e. The van der Waals surface area contributed by atoms with Crippen molar-refractivity contribution in [1.82, 2.24) is 4.98 Å². The zero-order chi connectivity index (χ0) is 14.5. The fourth-order valence-corrected chi connectivity index (χ4v) is 2.86. The molecule has 0 spiro atoms. The molecule has 1 heterocycles. The van der Waals surface area contributed by atoms with Crippen molar-refractivity contribution in [3.63, 3.8) is 0 Å². The molecule has 0 aliphatic carbocycles. The summed E-state index contributed by atoms with van der Waals surface area (Å²) in [5, 5.41) is 9.35. The Labute approximate surface area is 128 Å². The molecule has 0 amide bonds. The molecule has 0 radical (unpaired) electrons. The highest BCUT2D eigenvalue weighted by Crippen LogP contribution is 2.30. The SMILES string of the molecule is C/C=C(\SC)c1cc(-c2ccccc2)c(C#N)c(=S)[nH]1. The molecule has 100 valence electrons. The second-order valence-electron chi connectivity index (χ2n) is 4.14. The van der Waals surface area contributed by atoms with E-state index >= 15 is 0 Å². The van der Waals surface area contributed by atoms with E-state index in [9.17, 15) is 5.26 Å². The van der Waals surface area contributed by atoms with E-state index in [1.54, 1.807) is 11.8 Å². The molecule has 4 heteroatoms. The molecule has 2 rings (SSSR count). The minimum absolute atomic E-state index is 0.484. The lowest BCUT2D eigenvalue weighted by atomic mass is 10.0. The molecule has 0 unspecified atom stereocenters. The topological polar surface area (TPSA) is 39.6 Å². The summed E-state index contributed by atoms with van der Waals surface area (Å²) < 4.78 is 0.484. The number of benzene rings is 1. The third kappa shape index (κ3) is 2.84. The molecule has 0 saturated heterocycles. The van der Waals surface area contributed by atoms with E-state index in [0.29, 0.717) is 10.2 Å². The van der Waals surface area contributed by atoms with E-state index in [0.717, 1.165) is 21.7 Å². The van der Waals surface area contributed by atoms with Gasteiger partial charge >= 0.3 is 0 Å². The van der Waals surface area contributed by atoms with Crippen molar-refractivity contribution in [2.45, 2.75) is 6.92 Å². The molecular weight excluding hydrogens is 284 g/mol. The lowest BCUT2D eigenvalue weighted by molar-refractivity contribution is 1.24. The van der Waals surface area contributed by atoms with Crippen molar-refractivity contribution >= 4 is 28.9 Å². The second-order valence-corrected chi connectivity index (χ2v) is 5.39. The van der Waals surface area contributed by atoms with Crippen molar-refractivity contribution in [2.24, 2.45) is 0 Å². The number of rotatable bonds is 3. The highest BCUT2D eigenvalue weighted by molar-refractivity contribution is 8.07. The average Bonchev–Trinajstić information content (AvgIpc) is 2.49. The summed E-state index contributed by atoms with van der Waals surface area (Å²) in [5.41, 5.74) is 3.34. The fraction of sp³-hybridized carbons (Fsp3) is 0.125. The van der Waals surface area contributed by atoms with Crippen LogP contribution in [-0.4, -0.2) is 11.2 Å². The quantitative estimate of drug-likeness (QED) is 0.810. The Bertz CT molecular complexity index is 737. The van der Waals surface area contributed by atoms with E-state index in [-0.39, 0.29) is 0 Å². The molecule has 2 nitrogen and oxygen atoms in total. The maximum Gasteiger partial charge on any atom is 0.122 e. The van der Waals surface area contributed by atoms with Crippen LogP contribution < -0.4 is 0 Å². The van der Waals surface area contributed by atoms with Crippen molar-refractivity contribution in [1.29, 1.82) is 5.26 Å². The van der Waals surface area contributed by atoms with E-state index in [4.69, 9.17) is 12.2 Å². The number of nitriles is 1. The van der Waals surface area contributed by atoms with E-state index in [1.807, 2.05) is 55.7 Å². The first kappa shape index (κ1) is 14.6. The zero-order valence-electron chi connectivity index (χ0n) is 11.3. The van der Waals surface area contributed by atoms with Crippen LogP contribution in [0.25, 0.3) is 16.0 Å². The smallest absolute Gasteiger partial charge is 0.122 e. The van der Waals surface area contributed by atoms with Gasteiger partial charge in [-0.05, 0) is 24.8 Å². The van der Waals surface area contributed by atoms with Gasteiger partial charge in [-0.2, -0.15) is 5.26 Å². The van der Waals surface area contributed by atoms with Crippen LogP contribution in [0.15, 0.2) is 42.5 Å². The van der Waals surface area contributed by atoms with Crippen LogP contribution >= 0.6 is 24.0 Å². The standard InChI is InChI=1S/C16H14N2S2/c1-3-15(20-2)14-9-12(11-7-5-4-6-8-11)13(10-17)16(19)18-14/h3-9H,1-2H3,(H,18,19)/b15-3-. The molecule has 20 heavy (non-hydrogen) atoms. The number of aromatic amines is 1. The Morgan fingerprint density at radius 3 is 2.60 bits per heavy atom. The van der Waals surface area contributed by atoms with E-state index in [2.05, 4.69) is 11.1 Å². The Balaban J connectivity index is 2.73. The van der Waals surface area contributed by atoms with Crippen LogP contribution in [0.1, 0.15) is 18.2 Å². The number of hydrogen-bond donors (Lipinski definition) is 1. The first-order chi connectivity index (χ1) is 9.71. The maximum absolute atomic E-state index is 9.35. The van der Waals surface area contributed by atoms with Gasteiger partial charge in [0.15, 0.2) is 0 Å². The predicted molar refractivity (Wildman–Crippen MR) is 88.9 cm³/mol. The minimum atomic E-state index is 0.484. The fourth-order valence-electron chi connectivity index (χ4n) is 2.03. The van der Waals surface area contributed by atoms with Crippen LogP contribution in [0, 0.1) is 16.0 Å². The summed E-state index contributed by atoms with van der Waals surface area (Å²) in [5.74, 6) is 0. The van der Waals surface area contributed by atoms with Crippen LogP contribution in [0.5, 0.6) is 0 Å². The third-order valence-corrected chi connectivity index (χ3v) is 4.18. The Hall–Kier alpha value is -1.83. The highest BCUT2D eigenvalue weighted by Gasteiger charge is 2.10. The normalized spacial score (nSPS) is 11.2. The van der Waals surface area contributed by atoms with Crippen molar-refractivity contribution in [2.75, 3.05) is 6.26 Å². The number of allylic oxidation sites excluding steroid dienone is 1. The number of pyridine rings is 1. The van der Waals surface area contributed by atoms with Gasteiger partial charge in [0, 0.05) is 10.5 Å². The molecule has 1 aromatic carbocycles. The van der Waals surface area contributed by atoms with Gasteiger partial charge in [0.05, 0.1) is 11.3 Å². The van der Waals surface area contributed by atoms with Crippen molar-refractivity contribution in [3.8, 4) is 17.2 Å². The summed E-state index contributed by atoms with van der Waals surface area (Å²) >= 11 is 6.98. The average molecular weight is 298 g/mol. The van der Waals surface area contributed by atoms with Gasteiger partial charge in [0.2, 0.25) is 0 Å². The van der Waals surface area contributed by atoms with Crippen LogP contribution in [0.3, 0.4) is 0 Å². The Kier molecular flexibility index (Phi) is 4.78. The molecule has 1 aromatic heterocycles. The third-order valence-electron chi connectivity index (χ3n) is 2.98. The highest BCUT2D eigenvalue weighted by atomic mass is 32.2. The Morgan fingerprint density at radius 1 is 1.35 bits per heavy atom. The first-order valence-corrected chi connectivity index (χ1v) is 7.78. The lowest BCUT2D eigenvalue weighted by Crippen LogP contribution is -1.94. The lowest BCUT2D eigenvalue weighted by Gasteiger charge is -2.10. The molecular formula is C16H14N2S2. The molecule has 0 aliphatic rings. The molecule has 0 aliphatic heterocycles.